The largest absolute Gasteiger partial charge is 0.481 e. The van der Waals surface area contributed by atoms with Gasteiger partial charge in [-0.3, -0.25) is 9.59 Å². The van der Waals surface area contributed by atoms with Crippen LogP contribution in [-0.4, -0.2) is 28.9 Å². The first-order valence-electron chi connectivity index (χ1n) is 4.80. The smallest absolute Gasteiger partial charge is 0.312 e. The number of rotatable bonds is 4. The first-order valence-corrected chi connectivity index (χ1v) is 5.56. The number of hydrogen-bond donors (Lipinski definition) is 1. The van der Waals surface area contributed by atoms with Crippen molar-refractivity contribution in [2.75, 3.05) is 7.05 Å². The molecule has 92 valence electrons. The molecular weight excluding hydrogens is 265 g/mol. The molecule has 0 aliphatic heterocycles. The normalized spacial score (nSPS) is 10.1. The second kappa shape index (κ2) is 5.89. The summed E-state index contributed by atoms with van der Waals surface area (Å²) in [5.74, 6) is -1.63. The summed E-state index contributed by atoms with van der Waals surface area (Å²) in [7, 11) is 1.52. The summed E-state index contributed by atoms with van der Waals surface area (Å²) in [6.45, 7) is 0.228. The van der Waals surface area contributed by atoms with E-state index in [0.29, 0.717) is 15.6 Å². The van der Waals surface area contributed by atoms with Crippen LogP contribution in [0.2, 0.25) is 10.0 Å². The van der Waals surface area contributed by atoms with E-state index in [4.69, 9.17) is 28.3 Å². The molecule has 0 heterocycles. The molecule has 0 spiro atoms. The molecule has 1 aromatic rings. The summed E-state index contributed by atoms with van der Waals surface area (Å²) in [4.78, 5) is 23.1. The first kappa shape index (κ1) is 13.8. The second-order valence-electron chi connectivity index (χ2n) is 3.53. The highest BCUT2D eigenvalue weighted by Gasteiger charge is 2.14. The highest BCUT2D eigenvalue weighted by atomic mass is 35.5. The lowest BCUT2D eigenvalue weighted by Crippen LogP contribution is -2.28. The van der Waals surface area contributed by atoms with Gasteiger partial charge in [0, 0.05) is 13.6 Å². The Morgan fingerprint density at radius 1 is 1.35 bits per heavy atom. The number of hydrogen-bond acceptors (Lipinski definition) is 2. The molecule has 0 saturated heterocycles. The Kier molecular flexibility index (Phi) is 4.78. The summed E-state index contributed by atoms with van der Waals surface area (Å²) in [5, 5.41) is 9.29. The minimum atomic E-state index is -1.15. The Bertz CT molecular complexity index is 448. The van der Waals surface area contributed by atoms with E-state index in [2.05, 4.69) is 0 Å². The van der Waals surface area contributed by atoms with E-state index in [-0.39, 0.29) is 6.54 Å². The zero-order valence-electron chi connectivity index (χ0n) is 9.11. The number of benzene rings is 1. The molecular formula is C11H11Cl2NO3. The molecule has 6 heteroatoms. The van der Waals surface area contributed by atoms with Crippen LogP contribution in [0.15, 0.2) is 18.2 Å². The first-order chi connectivity index (χ1) is 7.91. The Hall–Kier alpha value is -1.26. The highest BCUT2D eigenvalue weighted by Crippen LogP contribution is 2.26. The number of carbonyl (C=O) groups is 2. The summed E-state index contributed by atoms with van der Waals surface area (Å²) < 4.78 is 0. The molecule has 0 unspecified atom stereocenters. The SMILES string of the molecule is CN(Cc1cccc(Cl)c1Cl)C(=O)CC(=O)O. The molecule has 1 amide bonds. The third-order valence-electron chi connectivity index (χ3n) is 2.17. The van der Waals surface area contributed by atoms with Gasteiger partial charge in [-0.1, -0.05) is 35.3 Å². The van der Waals surface area contributed by atoms with Crippen LogP contribution < -0.4 is 0 Å². The van der Waals surface area contributed by atoms with Crippen molar-refractivity contribution in [1.82, 2.24) is 4.90 Å². The quantitative estimate of drug-likeness (QED) is 0.859. The van der Waals surface area contributed by atoms with Gasteiger partial charge < -0.3 is 10.0 Å². The van der Waals surface area contributed by atoms with Crippen LogP contribution in [0.4, 0.5) is 0 Å². The van der Waals surface area contributed by atoms with Gasteiger partial charge in [0.1, 0.15) is 6.42 Å². The molecule has 17 heavy (non-hydrogen) atoms. The van der Waals surface area contributed by atoms with Crippen molar-refractivity contribution in [3.63, 3.8) is 0 Å². The van der Waals surface area contributed by atoms with Gasteiger partial charge in [0.05, 0.1) is 10.0 Å². The average Bonchev–Trinajstić information content (AvgIpc) is 2.23. The fraction of sp³-hybridized carbons (Fsp3) is 0.273. The van der Waals surface area contributed by atoms with E-state index in [1.54, 1.807) is 18.2 Å². The lowest BCUT2D eigenvalue weighted by atomic mass is 10.2. The van der Waals surface area contributed by atoms with Crippen molar-refractivity contribution in [3.8, 4) is 0 Å². The van der Waals surface area contributed by atoms with E-state index >= 15 is 0 Å². The molecule has 0 atom stereocenters. The van der Waals surface area contributed by atoms with Crippen LogP contribution in [0.5, 0.6) is 0 Å². The van der Waals surface area contributed by atoms with Crippen molar-refractivity contribution < 1.29 is 14.7 Å². The topological polar surface area (TPSA) is 57.6 Å². The molecule has 4 nitrogen and oxygen atoms in total. The molecule has 0 bridgehead atoms. The van der Waals surface area contributed by atoms with Crippen LogP contribution in [0.25, 0.3) is 0 Å². The number of carboxylic acid groups (broad SMARTS) is 1. The number of carboxylic acids is 1. The molecule has 0 saturated carbocycles. The zero-order valence-corrected chi connectivity index (χ0v) is 10.6. The Labute approximate surface area is 109 Å². The maximum Gasteiger partial charge on any atom is 0.312 e. The van der Waals surface area contributed by atoms with Gasteiger partial charge in [-0.25, -0.2) is 0 Å². The zero-order chi connectivity index (χ0) is 13.0. The predicted octanol–water partition coefficient (Wildman–Crippen LogP) is 2.43. The van der Waals surface area contributed by atoms with Crippen LogP contribution >= 0.6 is 23.2 Å². The summed E-state index contributed by atoms with van der Waals surface area (Å²) in [6, 6.07) is 5.10. The van der Waals surface area contributed by atoms with Crippen LogP contribution in [0, 0.1) is 0 Å². The van der Waals surface area contributed by atoms with Crippen molar-refractivity contribution in [3.05, 3.63) is 33.8 Å². The molecule has 1 N–H and O–H groups in total. The van der Waals surface area contributed by atoms with Gasteiger partial charge in [-0.05, 0) is 11.6 Å². The Morgan fingerprint density at radius 2 is 2.00 bits per heavy atom. The van der Waals surface area contributed by atoms with Crippen LogP contribution in [-0.2, 0) is 16.1 Å². The Morgan fingerprint density at radius 3 is 2.59 bits per heavy atom. The van der Waals surface area contributed by atoms with Gasteiger partial charge in [0.15, 0.2) is 0 Å². The second-order valence-corrected chi connectivity index (χ2v) is 4.32. The molecule has 1 aromatic carbocycles. The van der Waals surface area contributed by atoms with Gasteiger partial charge >= 0.3 is 5.97 Å². The van der Waals surface area contributed by atoms with Gasteiger partial charge in [0.25, 0.3) is 0 Å². The van der Waals surface area contributed by atoms with E-state index in [1.165, 1.54) is 11.9 Å². The monoisotopic (exact) mass is 275 g/mol. The molecule has 0 aliphatic rings. The van der Waals surface area contributed by atoms with Crippen molar-refractivity contribution >= 4 is 35.1 Å². The molecule has 0 radical (unpaired) electrons. The lowest BCUT2D eigenvalue weighted by Gasteiger charge is -2.17. The third-order valence-corrected chi connectivity index (χ3v) is 3.03. The third kappa shape index (κ3) is 3.91. The lowest BCUT2D eigenvalue weighted by molar-refractivity contribution is -0.143. The predicted molar refractivity (Wildman–Crippen MR) is 65.2 cm³/mol. The molecule has 0 fully saturated rings. The minimum absolute atomic E-state index is 0.228. The maximum atomic E-state index is 11.4. The van der Waals surface area contributed by atoms with Crippen molar-refractivity contribution in [1.29, 1.82) is 0 Å². The number of halogens is 2. The highest BCUT2D eigenvalue weighted by molar-refractivity contribution is 6.42. The summed E-state index contributed by atoms with van der Waals surface area (Å²) >= 11 is 11.8. The summed E-state index contributed by atoms with van der Waals surface area (Å²) in [6.07, 6.45) is -0.533. The van der Waals surface area contributed by atoms with E-state index in [1.807, 2.05) is 0 Å². The van der Waals surface area contributed by atoms with E-state index in [9.17, 15) is 9.59 Å². The fourth-order valence-corrected chi connectivity index (χ4v) is 1.66. The number of carbonyl (C=O) groups excluding carboxylic acids is 1. The van der Waals surface area contributed by atoms with Crippen LogP contribution in [0.3, 0.4) is 0 Å². The van der Waals surface area contributed by atoms with Gasteiger partial charge in [-0.2, -0.15) is 0 Å². The number of aliphatic carboxylic acids is 1. The van der Waals surface area contributed by atoms with Crippen molar-refractivity contribution in [2.45, 2.75) is 13.0 Å². The van der Waals surface area contributed by atoms with E-state index in [0.717, 1.165) is 0 Å². The van der Waals surface area contributed by atoms with Crippen molar-refractivity contribution in [2.24, 2.45) is 0 Å². The van der Waals surface area contributed by atoms with Gasteiger partial charge in [-0.15, -0.1) is 0 Å². The molecule has 1 rings (SSSR count). The average molecular weight is 276 g/mol. The summed E-state index contributed by atoms with van der Waals surface area (Å²) in [5.41, 5.74) is 0.681. The fourth-order valence-electron chi connectivity index (χ4n) is 1.28. The van der Waals surface area contributed by atoms with E-state index < -0.39 is 18.3 Å². The molecule has 0 aromatic heterocycles. The Balaban J connectivity index is 2.74. The number of amides is 1. The standard InChI is InChI=1S/C11H11Cl2NO3/c1-14(9(15)5-10(16)17)6-7-3-2-4-8(12)11(7)13/h2-4H,5-6H2,1H3,(H,16,17). The van der Waals surface area contributed by atoms with Gasteiger partial charge in [0.2, 0.25) is 5.91 Å². The van der Waals surface area contributed by atoms with Crippen LogP contribution in [0.1, 0.15) is 12.0 Å². The number of nitrogens with zero attached hydrogens (tertiary/aromatic N) is 1. The minimum Gasteiger partial charge on any atom is -0.481 e. The maximum absolute atomic E-state index is 11.4. The molecule has 0 aliphatic carbocycles.